The predicted molar refractivity (Wildman–Crippen MR) is 69.8 cm³/mol. The summed E-state index contributed by atoms with van der Waals surface area (Å²) >= 11 is 0. The molecule has 0 aliphatic carbocycles. The van der Waals surface area contributed by atoms with Gasteiger partial charge in [-0.15, -0.1) is 0 Å². The topological polar surface area (TPSA) is 58.4 Å². The summed E-state index contributed by atoms with van der Waals surface area (Å²) in [7, 11) is 0. The third-order valence-electron chi connectivity index (χ3n) is 4.30. The Morgan fingerprint density at radius 2 is 2.40 bits per heavy atom. The van der Waals surface area contributed by atoms with E-state index in [0.717, 1.165) is 32.3 Å². The minimum atomic E-state index is -0.470. The molecule has 1 amide bonds. The van der Waals surface area contributed by atoms with E-state index in [1.54, 1.807) is 0 Å². The van der Waals surface area contributed by atoms with Crippen molar-refractivity contribution in [2.24, 2.45) is 5.92 Å². The molecular weight excluding hydrogens is 261 g/mol. The normalized spacial score (nSPS) is 28.1. The number of carbonyl (C=O) groups excluding carboxylic acids is 1. The molecule has 2 fully saturated rings. The third-order valence-corrected chi connectivity index (χ3v) is 4.30. The number of carbonyl (C=O) groups is 1. The van der Waals surface area contributed by atoms with Gasteiger partial charge < -0.3 is 14.6 Å². The van der Waals surface area contributed by atoms with Gasteiger partial charge in [0, 0.05) is 19.1 Å². The van der Waals surface area contributed by atoms with Crippen molar-refractivity contribution in [1.29, 1.82) is 0 Å². The van der Waals surface area contributed by atoms with E-state index in [1.807, 2.05) is 0 Å². The van der Waals surface area contributed by atoms with Gasteiger partial charge in [-0.25, -0.2) is 9.37 Å². The van der Waals surface area contributed by atoms with Crippen molar-refractivity contribution in [3.8, 4) is 0 Å². The minimum Gasteiger partial charge on any atom is -0.460 e. The van der Waals surface area contributed by atoms with Crippen LogP contribution in [-0.4, -0.2) is 41.5 Å². The van der Waals surface area contributed by atoms with Crippen LogP contribution in [0.25, 0.3) is 11.0 Å². The summed E-state index contributed by atoms with van der Waals surface area (Å²) in [6.45, 7) is 3.09. The number of hydrogen-bond acceptors (Lipinski definition) is 4. The van der Waals surface area contributed by atoms with E-state index in [0.29, 0.717) is 16.9 Å². The fraction of sp³-hybridized carbons (Fsp3) is 0.429. The Kier molecular flexibility index (Phi) is 2.53. The molecule has 4 rings (SSSR count). The summed E-state index contributed by atoms with van der Waals surface area (Å²) in [6, 6.07) is 1.62. The zero-order valence-corrected chi connectivity index (χ0v) is 10.8. The molecule has 0 saturated carbocycles. The van der Waals surface area contributed by atoms with Gasteiger partial charge in [0.15, 0.2) is 11.4 Å². The first-order valence-corrected chi connectivity index (χ1v) is 6.76. The maximum absolute atomic E-state index is 13.5. The number of hydrogen-bond donors (Lipinski definition) is 1. The van der Waals surface area contributed by atoms with Crippen LogP contribution < -0.4 is 5.32 Å². The Morgan fingerprint density at radius 3 is 3.15 bits per heavy atom. The number of amides is 1. The molecule has 2 aliphatic rings. The van der Waals surface area contributed by atoms with E-state index in [1.165, 1.54) is 12.3 Å². The number of halogens is 1. The fourth-order valence-corrected chi connectivity index (χ4v) is 3.22. The second-order valence-corrected chi connectivity index (χ2v) is 5.54. The molecule has 1 N–H and O–H groups in total. The van der Waals surface area contributed by atoms with Gasteiger partial charge in [0.2, 0.25) is 0 Å². The van der Waals surface area contributed by atoms with E-state index < -0.39 is 5.82 Å². The smallest absolute Gasteiger partial charge is 0.270 e. The third kappa shape index (κ3) is 1.79. The summed E-state index contributed by atoms with van der Waals surface area (Å²) in [5.74, 6) is -0.179. The van der Waals surface area contributed by atoms with E-state index >= 15 is 0 Å². The Hall–Kier alpha value is -1.95. The number of nitrogens with zero attached hydrogens (tertiary/aromatic N) is 2. The molecule has 2 aliphatic heterocycles. The zero-order valence-electron chi connectivity index (χ0n) is 10.8. The van der Waals surface area contributed by atoms with Gasteiger partial charge in [0.25, 0.3) is 5.91 Å². The van der Waals surface area contributed by atoms with Crippen molar-refractivity contribution in [3.05, 3.63) is 30.0 Å². The number of piperidine rings is 1. The predicted octanol–water partition coefficient (Wildman–Crippen LogP) is 1.40. The number of aromatic nitrogens is 1. The lowest BCUT2D eigenvalue weighted by molar-refractivity contribution is 0.0919. The molecule has 2 aromatic heterocycles. The lowest BCUT2D eigenvalue weighted by Gasteiger charge is -2.22. The summed E-state index contributed by atoms with van der Waals surface area (Å²) in [5, 5.41) is 3.30. The maximum atomic E-state index is 13.5. The molecule has 2 bridgehead atoms. The molecule has 20 heavy (non-hydrogen) atoms. The van der Waals surface area contributed by atoms with Gasteiger partial charge in [0.1, 0.15) is 12.0 Å². The standard InChI is InChI=1S/C14H14FN3O2/c15-10-7-20-13-4-16-11(3-9(10)13)14(19)17-12-6-18-2-1-8(12)5-18/h3-4,7-8,12H,1-2,5-6H2,(H,17,19). The van der Waals surface area contributed by atoms with E-state index in [4.69, 9.17) is 4.42 Å². The minimum absolute atomic E-state index is 0.183. The van der Waals surface area contributed by atoms with Crippen LogP contribution in [0, 0.1) is 11.7 Å². The van der Waals surface area contributed by atoms with Crippen LogP contribution in [0.4, 0.5) is 4.39 Å². The second kappa shape index (κ2) is 4.28. The number of furan rings is 1. The highest BCUT2D eigenvalue weighted by atomic mass is 19.1. The second-order valence-electron chi connectivity index (χ2n) is 5.54. The van der Waals surface area contributed by atoms with Crippen LogP contribution in [0.1, 0.15) is 16.9 Å². The molecule has 0 spiro atoms. The van der Waals surface area contributed by atoms with Crippen LogP contribution in [0.2, 0.25) is 0 Å². The molecule has 2 aromatic rings. The summed E-state index contributed by atoms with van der Waals surface area (Å²) < 4.78 is 18.4. The highest BCUT2D eigenvalue weighted by Gasteiger charge is 2.38. The molecule has 0 aromatic carbocycles. The first-order chi connectivity index (χ1) is 9.70. The lowest BCUT2D eigenvalue weighted by atomic mass is 10.00. The molecule has 5 nitrogen and oxygen atoms in total. The SMILES string of the molecule is O=C(NC1CN2CCC1C2)c1cc2c(F)coc2cn1. The van der Waals surface area contributed by atoms with Gasteiger partial charge in [-0.05, 0) is 24.9 Å². The molecule has 2 saturated heterocycles. The van der Waals surface area contributed by atoms with E-state index in [2.05, 4.69) is 15.2 Å². The number of nitrogens with one attached hydrogen (secondary N) is 1. The van der Waals surface area contributed by atoms with Crippen molar-refractivity contribution in [1.82, 2.24) is 15.2 Å². The molecule has 0 radical (unpaired) electrons. The van der Waals surface area contributed by atoms with Crippen molar-refractivity contribution < 1.29 is 13.6 Å². The van der Waals surface area contributed by atoms with Crippen molar-refractivity contribution >= 4 is 16.9 Å². The average Bonchev–Trinajstić information content (AvgIpc) is 3.15. The van der Waals surface area contributed by atoms with Crippen LogP contribution in [0.3, 0.4) is 0 Å². The first kappa shape index (κ1) is 11.8. The van der Waals surface area contributed by atoms with Crippen LogP contribution in [0.5, 0.6) is 0 Å². The lowest BCUT2D eigenvalue weighted by Crippen LogP contribution is -2.43. The van der Waals surface area contributed by atoms with Crippen LogP contribution in [-0.2, 0) is 0 Å². The zero-order chi connectivity index (χ0) is 13.7. The van der Waals surface area contributed by atoms with E-state index in [-0.39, 0.29) is 17.6 Å². The highest BCUT2D eigenvalue weighted by molar-refractivity contribution is 5.95. The summed E-state index contributed by atoms with van der Waals surface area (Å²) in [4.78, 5) is 18.6. The Bertz CT molecular complexity index is 684. The van der Waals surface area contributed by atoms with Gasteiger partial charge >= 0.3 is 0 Å². The van der Waals surface area contributed by atoms with Crippen molar-refractivity contribution in [3.63, 3.8) is 0 Å². The van der Waals surface area contributed by atoms with Crippen molar-refractivity contribution in [2.45, 2.75) is 12.5 Å². The van der Waals surface area contributed by atoms with Crippen LogP contribution >= 0.6 is 0 Å². The molecule has 6 heteroatoms. The maximum Gasteiger partial charge on any atom is 0.270 e. The largest absolute Gasteiger partial charge is 0.460 e. The van der Waals surface area contributed by atoms with Gasteiger partial charge in [-0.2, -0.15) is 0 Å². The Labute approximate surface area is 114 Å². The van der Waals surface area contributed by atoms with Crippen molar-refractivity contribution in [2.75, 3.05) is 19.6 Å². The molecule has 4 heterocycles. The molecular formula is C14H14FN3O2. The monoisotopic (exact) mass is 275 g/mol. The van der Waals surface area contributed by atoms with Gasteiger partial charge in [0.05, 0.1) is 11.6 Å². The number of pyridine rings is 1. The highest BCUT2D eigenvalue weighted by Crippen LogP contribution is 2.28. The summed E-state index contributed by atoms with van der Waals surface area (Å²) in [6.07, 6.45) is 3.54. The number of fused-ring (bicyclic) bond motifs is 3. The average molecular weight is 275 g/mol. The van der Waals surface area contributed by atoms with E-state index in [9.17, 15) is 9.18 Å². The quantitative estimate of drug-likeness (QED) is 0.900. The first-order valence-electron chi connectivity index (χ1n) is 6.76. The summed E-state index contributed by atoms with van der Waals surface area (Å²) in [5.41, 5.74) is 0.584. The fourth-order valence-electron chi connectivity index (χ4n) is 3.22. The van der Waals surface area contributed by atoms with Gasteiger partial charge in [-0.1, -0.05) is 0 Å². The van der Waals surface area contributed by atoms with Gasteiger partial charge in [-0.3, -0.25) is 4.79 Å². The molecule has 104 valence electrons. The van der Waals surface area contributed by atoms with Crippen LogP contribution in [0.15, 0.2) is 22.9 Å². The number of rotatable bonds is 2. The molecule has 3 atom stereocenters. The Balaban J connectivity index is 1.56. The Morgan fingerprint density at radius 1 is 1.50 bits per heavy atom. The molecule has 3 unspecified atom stereocenters.